The van der Waals surface area contributed by atoms with Crippen molar-refractivity contribution in [2.24, 2.45) is 5.10 Å². The molecule has 0 unspecified atom stereocenters. The molecule has 0 saturated carbocycles. The van der Waals surface area contributed by atoms with Gasteiger partial charge >= 0.3 is 0 Å². The van der Waals surface area contributed by atoms with Crippen molar-refractivity contribution < 1.29 is 17.8 Å². The molecule has 3 rings (SSSR count). The van der Waals surface area contributed by atoms with Crippen LogP contribution in [0.4, 0.5) is 5.69 Å². The Morgan fingerprint density at radius 1 is 1.22 bits per heavy atom. The maximum atomic E-state index is 12.5. The molecule has 0 fully saturated rings. The monoisotopic (exact) mass is 348 g/mol. The van der Waals surface area contributed by atoms with E-state index in [4.69, 9.17) is 4.55 Å². The van der Waals surface area contributed by atoms with Crippen molar-refractivity contribution in [2.45, 2.75) is 11.8 Å². The molecule has 2 heterocycles. The zero-order valence-electron chi connectivity index (χ0n) is 12.0. The molecule has 8 heteroatoms. The predicted molar refractivity (Wildman–Crippen MR) is 89.1 cm³/mol. The first-order valence-corrected chi connectivity index (χ1v) is 8.91. The van der Waals surface area contributed by atoms with Crippen molar-refractivity contribution >= 4 is 44.8 Å². The van der Waals surface area contributed by atoms with Crippen LogP contribution in [0.2, 0.25) is 0 Å². The number of nitrogens with zero attached hydrogens (tertiary/aromatic N) is 2. The van der Waals surface area contributed by atoms with Crippen LogP contribution >= 0.6 is 11.3 Å². The van der Waals surface area contributed by atoms with Gasteiger partial charge in [-0.15, -0.1) is 11.3 Å². The second-order valence-electron chi connectivity index (χ2n) is 4.84. The largest absolute Gasteiger partial charge is 0.294 e. The topological polar surface area (TPSA) is 87.0 Å². The molecule has 0 bridgehead atoms. The first-order valence-electron chi connectivity index (χ1n) is 6.59. The average molecular weight is 348 g/mol. The van der Waals surface area contributed by atoms with Gasteiger partial charge < -0.3 is 0 Å². The Morgan fingerprint density at radius 2 is 1.91 bits per heavy atom. The number of hydrogen-bond acceptors (Lipinski definition) is 5. The van der Waals surface area contributed by atoms with E-state index >= 15 is 0 Å². The summed E-state index contributed by atoms with van der Waals surface area (Å²) in [5.41, 5.74) is 1.50. The van der Waals surface area contributed by atoms with Crippen LogP contribution in [0.25, 0.3) is 6.08 Å². The highest BCUT2D eigenvalue weighted by atomic mass is 32.2. The molecule has 0 aliphatic carbocycles. The number of amides is 1. The molecule has 23 heavy (non-hydrogen) atoms. The lowest BCUT2D eigenvalue weighted by molar-refractivity contribution is -0.114. The zero-order valence-corrected chi connectivity index (χ0v) is 13.6. The number of hydrogen-bond donors (Lipinski definition) is 1. The summed E-state index contributed by atoms with van der Waals surface area (Å²) in [6.07, 6.45) is 1.78. The minimum absolute atomic E-state index is 0.233. The van der Waals surface area contributed by atoms with Gasteiger partial charge in [0.2, 0.25) is 0 Å². The molecule has 1 N–H and O–H groups in total. The van der Waals surface area contributed by atoms with Crippen molar-refractivity contribution in [2.75, 3.05) is 5.01 Å². The van der Waals surface area contributed by atoms with E-state index in [1.165, 1.54) is 40.6 Å². The SMILES string of the molecule is CC1=NN(c2ccc(S(=O)(=O)O)cc2)C(=O)C1=Cc1cccs1. The molecule has 0 radical (unpaired) electrons. The summed E-state index contributed by atoms with van der Waals surface area (Å²) in [5.74, 6) is -0.282. The van der Waals surface area contributed by atoms with E-state index in [-0.39, 0.29) is 10.8 Å². The van der Waals surface area contributed by atoms with Crippen molar-refractivity contribution in [3.8, 4) is 0 Å². The lowest BCUT2D eigenvalue weighted by Gasteiger charge is -2.11. The fourth-order valence-electron chi connectivity index (χ4n) is 2.13. The predicted octanol–water partition coefficient (Wildman–Crippen LogP) is 2.80. The molecule has 1 aromatic carbocycles. The number of carbonyl (C=O) groups excluding carboxylic acids is 1. The molecule has 1 aliphatic rings. The second kappa shape index (κ2) is 5.73. The Hall–Kier alpha value is -2.29. The van der Waals surface area contributed by atoms with E-state index in [0.717, 1.165) is 4.88 Å². The van der Waals surface area contributed by atoms with Gasteiger partial charge in [0.15, 0.2) is 0 Å². The number of hydrazone groups is 1. The second-order valence-corrected chi connectivity index (χ2v) is 7.25. The Labute approximate surface area is 137 Å². The van der Waals surface area contributed by atoms with Crippen molar-refractivity contribution in [3.05, 3.63) is 52.2 Å². The van der Waals surface area contributed by atoms with Crippen LogP contribution < -0.4 is 5.01 Å². The molecule has 1 aromatic heterocycles. The fourth-order valence-corrected chi connectivity index (χ4v) is 3.27. The van der Waals surface area contributed by atoms with Gasteiger partial charge in [-0.05, 0) is 48.7 Å². The van der Waals surface area contributed by atoms with Crippen molar-refractivity contribution in [1.29, 1.82) is 0 Å². The summed E-state index contributed by atoms with van der Waals surface area (Å²) in [6, 6.07) is 9.10. The van der Waals surface area contributed by atoms with Crippen LogP contribution in [0.3, 0.4) is 0 Å². The van der Waals surface area contributed by atoms with Gasteiger partial charge in [0.1, 0.15) is 0 Å². The van der Waals surface area contributed by atoms with Crippen LogP contribution in [0.5, 0.6) is 0 Å². The highest BCUT2D eigenvalue weighted by Gasteiger charge is 2.29. The highest BCUT2D eigenvalue weighted by Crippen LogP contribution is 2.26. The average Bonchev–Trinajstić information content (AvgIpc) is 3.10. The Balaban J connectivity index is 1.92. The molecular weight excluding hydrogens is 336 g/mol. The van der Waals surface area contributed by atoms with Gasteiger partial charge in [-0.2, -0.15) is 18.5 Å². The van der Waals surface area contributed by atoms with Gasteiger partial charge in [-0.3, -0.25) is 9.35 Å². The Kier molecular flexibility index (Phi) is 3.88. The van der Waals surface area contributed by atoms with Crippen LogP contribution in [0.15, 0.2) is 57.3 Å². The Bertz CT molecular complexity index is 911. The van der Waals surface area contributed by atoms with Crippen LogP contribution in [-0.2, 0) is 14.9 Å². The first-order chi connectivity index (χ1) is 10.9. The van der Waals surface area contributed by atoms with Gasteiger partial charge in [-0.25, -0.2) is 0 Å². The standard InChI is InChI=1S/C15H12N2O4S2/c1-10-14(9-12-3-2-8-22-12)15(18)17(16-10)11-4-6-13(7-5-11)23(19,20)21/h2-9H,1H3,(H,19,20,21). The van der Waals surface area contributed by atoms with E-state index in [1.54, 1.807) is 13.0 Å². The van der Waals surface area contributed by atoms with Gasteiger partial charge in [0, 0.05) is 4.88 Å². The summed E-state index contributed by atoms with van der Waals surface area (Å²) in [6.45, 7) is 1.74. The normalized spacial score (nSPS) is 17.0. The zero-order chi connectivity index (χ0) is 16.6. The third-order valence-corrected chi connectivity index (χ3v) is 4.96. The van der Waals surface area contributed by atoms with Gasteiger partial charge in [0.05, 0.1) is 21.9 Å². The third-order valence-electron chi connectivity index (χ3n) is 3.27. The maximum Gasteiger partial charge on any atom is 0.294 e. The fraction of sp³-hybridized carbons (Fsp3) is 0.0667. The van der Waals surface area contributed by atoms with Crippen LogP contribution in [-0.4, -0.2) is 24.6 Å². The lowest BCUT2D eigenvalue weighted by Crippen LogP contribution is -2.21. The summed E-state index contributed by atoms with van der Waals surface area (Å²) >= 11 is 1.52. The molecule has 0 atom stereocenters. The van der Waals surface area contributed by atoms with E-state index < -0.39 is 10.1 Å². The molecule has 6 nitrogen and oxygen atoms in total. The van der Waals surface area contributed by atoms with Gasteiger partial charge in [-0.1, -0.05) is 6.07 Å². The molecule has 1 aliphatic heterocycles. The molecular formula is C15H12N2O4S2. The number of anilines is 1. The number of benzene rings is 1. The number of rotatable bonds is 3. The summed E-state index contributed by atoms with van der Waals surface area (Å²) in [4.78, 5) is 13.2. The minimum Gasteiger partial charge on any atom is -0.282 e. The number of thiophene rings is 1. The summed E-state index contributed by atoms with van der Waals surface area (Å²) in [5, 5.41) is 7.35. The molecule has 0 saturated heterocycles. The smallest absolute Gasteiger partial charge is 0.282 e. The Morgan fingerprint density at radius 3 is 2.48 bits per heavy atom. The summed E-state index contributed by atoms with van der Waals surface area (Å²) < 4.78 is 31.1. The number of carbonyl (C=O) groups is 1. The van der Waals surface area contributed by atoms with Crippen LogP contribution in [0.1, 0.15) is 11.8 Å². The minimum atomic E-state index is -4.26. The van der Waals surface area contributed by atoms with Crippen molar-refractivity contribution in [3.63, 3.8) is 0 Å². The quantitative estimate of drug-likeness (QED) is 0.682. The molecule has 2 aromatic rings. The summed E-state index contributed by atoms with van der Waals surface area (Å²) in [7, 11) is -4.26. The van der Waals surface area contributed by atoms with E-state index in [0.29, 0.717) is 17.0 Å². The molecule has 118 valence electrons. The van der Waals surface area contributed by atoms with E-state index in [2.05, 4.69) is 5.10 Å². The molecule has 0 spiro atoms. The first kappa shape index (κ1) is 15.6. The molecule has 1 amide bonds. The van der Waals surface area contributed by atoms with E-state index in [1.807, 2.05) is 17.5 Å². The lowest BCUT2D eigenvalue weighted by atomic mass is 10.1. The van der Waals surface area contributed by atoms with Crippen LogP contribution in [0, 0.1) is 0 Å². The highest BCUT2D eigenvalue weighted by molar-refractivity contribution is 7.85. The third kappa shape index (κ3) is 3.09. The maximum absolute atomic E-state index is 12.5. The van der Waals surface area contributed by atoms with E-state index in [9.17, 15) is 13.2 Å². The van der Waals surface area contributed by atoms with Gasteiger partial charge in [0.25, 0.3) is 16.0 Å². The van der Waals surface area contributed by atoms with Crippen molar-refractivity contribution in [1.82, 2.24) is 0 Å².